The van der Waals surface area contributed by atoms with Crippen LogP contribution in [0.3, 0.4) is 0 Å². The molecule has 88 valence electrons. The Bertz CT molecular complexity index is 411. The van der Waals surface area contributed by atoms with Crippen molar-refractivity contribution < 1.29 is 24.0 Å². The molecule has 1 aliphatic rings. The molecule has 0 aromatic heterocycles. The van der Waals surface area contributed by atoms with Gasteiger partial charge in [-0.15, -0.1) is 5.75 Å². The van der Waals surface area contributed by atoms with Crippen molar-refractivity contribution in [3.63, 3.8) is 0 Å². The van der Waals surface area contributed by atoms with Crippen LogP contribution < -0.4 is 24.0 Å². The minimum absolute atomic E-state index is 0. The monoisotopic (exact) mass is 224 g/mol. The first-order chi connectivity index (χ1) is 7.37. The number of hydrogen-bond acceptors (Lipinski definition) is 1. The second kappa shape index (κ2) is 4.71. The fraction of sp³-hybridized carbons (Fsp3) is 0.600. The molecule has 0 aliphatic heterocycles. The zero-order valence-electron chi connectivity index (χ0n) is 11.8. The zero-order chi connectivity index (χ0) is 12.0. The van der Waals surface area contributed by atoms with Crippen molar-refractivity contribution in [3.8, 4) is 5.75 Å². The van der Waals surface area contributed by atoms with Gasteiger partial charge in [0, 0.05) is 0 Å². The van der Waals surface area contributed by atoms with Gasteiger partial charge < -0.3 is 5.11 Å². The predicted molar refractivity (Wildman–Crippen MR) is 65.6 cm³/mol. The van der Waals surface area contributed by atoms with Gasteiger partial charge in [0.25, 0.3) is 0 Å². The third-order valence-electron chi connectivity index (χ3n) is 4.80. The molecule has 0 N–H and O–H groups in total. The summed E-state index contributed by atoms with van der Waals surface area (Å²) in [4.78, 5) is 0. The molecular formula is C15H21LiO. The molecule has 0 bridgehead atoms. The van der Waals surface area contributed by atoms with Crippen LogP contribution in [0.4, 0.5) is 0 Å². The van der Waals surface area contributed by atoms with E-state index in [0.29, 0.717) is 5.41 Å². The number of aryl methyl sites for hydroxylation is 1. The van der Waals surface area contributed by atoms with Crippen molar-refractivity contribution in [2.75, 3.05) is 0 Å². The molecular weight excluding hydrogens is 203 g/mol. The molecule has 0 unspecified atom stereocenters. The summed E-state index contributed by atoms with van der Waals surface area (Å²) in [5.41, 5.74) is 2.54. The van der Waals surface area contributed by atoms with Crippen molar-refractivity contribution in [2.24, 2.45) is 5.41 Å². The van der Waals surface area contributed by atoms with Crippen LogP contribution in [0.15, 0.2) is 18.2 Å². The molecule has 0 heterocycles. The van der Waals surface area contributed by atoms with E-state index in [2.05, 4.69) is 26.8 Å². The smallest absolute Gasteiger partial charge is 0.872 e. The third kappa shape index (κ3) is 2.28. The van der Waals surface area contributed by atoms with Crippen molar-refractivity contribution in [1.82, 2.24) is 0 Å². The van der Waals surface area contributed by atoms with Crippen LogP contribution in [-0.4, -0.2) is 0 Å². The van der Waals surface area contributed by atoms with E-state index in [0.717, 1.165) is 5.56 Å². The van der Waals surface area contributed by atoms with E-state index in [1.54, 1.807) is 0 Å². The third-order valence-corrected chi connectivity index (χ3v) is 4.80. The minimum Gasteiger partial charge on any atom is -0.872 e. The Morgan fingerprint density at radius 2 is 1.76 bits per heavy atom. The summed E-state index contributed by atoms with van der Waals surface area (Å²) in [5.74, 6) is 0.182. The molecule has 17 heavy (non-hydrogen) atoms. The number of hydrogen-bond donors (Lipinski definition) is 0. The van der Waals surface area contributed by atoms with Crippen LogP contribution in [-0.2, 0) is 5.41 Å². The van der Waals surface area contributed by atoms with Crippen LogP contribution in [0.5, 0.6) is 5.75 Å². The first-order valence-electron chi connectivity index (χ1n) is 6.15. The van der Waals surface area contributed by atoms with Gasteiger partial charge in [-0.2, -0.15) is 0 Å². The standard InChI is InChI=1S/C15H22O.Li/c1-11-6-7-12(10-13(11)16)15(4)9-5-8-14(15,2)3;/h6-7,10,16H,5,8-9H2,1-4H3;/q;+1/p-1/t15-;/m0./s1. The Morgan fingerprint density at radius 3 is 2.24 bits per heavy atom. The quantitative estimate of drug-likeness (QED) is 0.639. The van der Waals surface area contributed by atoms with Crippen LogP contribution in [0.25, 0.3) is 0 Å². The minimum atomic E-state index is 0. The Morgan fingerprint density at radius 1 is 1.12 bits per heavy atom. The summed E-state index contributed by atoms with van der Waals surface area (Å²) >= 11 is 0. The van der Waals surface area contributed by atoms with E-state index in [1.807, 2.05) is 19.1 Å². The van der Waals surface area contributed by atoms with E-state index in [4.69, 9.17) is 0 Å². The van der Waals surface area contributed by atoms with E-state index in [-0.39, 0.29) is 30.0 Å². The van der Waals surface area contributed by atoms with E-state index < -0.39 is 0 Å². The Balaban J connectivity index is 0.00000144. The van der Waals surface area contributed by atoms with Crippen molar-refractivity contribution in [1.29, 1.82) is 0 Å². The van der Waals surface area contributed by atoms with Crippen LogP contribution in [0.1, 0.15) is 51.2 Å². The molecule has 1 nitrogen and oxygen atoms in total. The number of benzene rings is 1. The van der Waals surface area contributed by atoms with Crippen LogP contribution in [0, 0.1) is 12.3 Å². The Kier molecular flexibility index (Phi) is 4.07. The molecule has 1 aromatic rings. The van der Waals surface area contributed by atoms with E-state index in [1.165, 1.54) is 24.8 Å². The molecule has 1 saturated carbocycles. The van der Waals surface area contributed by atoms with E-state index >= 15 is 0 Å². The molecule has 0 amide bonds. The fourth-order valence-electron chi connectivity index (χ4n) is 2.98. The summed E-state index contributed by atoms with van der Waals surface area (Å²) in [6.07, 6.45) is 3.72. The molecule has 0 radical (unpaired) electrons. The first-order valence-corrected chi connectivity index (χ1v) is 6.15. The molecule has 1 atom stereocenters. The summed E-state index contributed by atoms with van der Waals surface area (Å²) in [6, 6.07) is 5.96. The van der Waals surface area contributed by atoms with Gasteiger partial charge in [0.1, 0.15) is 0 Å². The van der Waals surface area contributed by atoms with Crippen molar-refractivity contribution in [2.45, 2.75) is 52.4 Å². The van der Waals surface area contributed by atoms with Gasteiger partial charge in [0.05, 0.1) is 0 Å². The number of rotatable bonds is 1. The average molecular weight is 224 g/mol. The fourth-order valence-corrected chi connectivity index (χ4v) is 2.98. The molecule has 0 spiro atoms. The van der Waals surface area contributed by atoms with E-state index in [9.17, 15) is 5.11 Å². The summed E-state index contributed by atoms with van der Waals surface area (Å²) in [7, 11) is 0. The molecule has 0 saturated heterocycles. The first kappa shape index (κ1) is 14.7. The van der Waals surface area contributed by atoms with Gasteiger partial charge >= 0.3 is 18.9 Å². The topological polar surface area (TPSA) is 23.1 Å². The van der Waals surface area contributed by atoms with Crippen molar-refractivity contribution >= 4 is 0 Å². The molecule has 1 aliphatic carbocycles. The normalized spacial score (nSPS) is 26.6. The largest absolute Gasteiger partial charge is 1.00 e. The van der Waals surface area contributed by atoms with Gasteiger partial charge in [0.2, 0.25) is 0 Å². The van der Waals surface area contributed by atoms with Gasteiger partial charge in [-0.3, -0.25) is 0 Å². The van der Waals surface area contributed by atoms with Crippen LogP contribution >= 0.6 is 0 Å². The maximum Gasteiger partial charge on any atom is 1.00 e. The Labute approximate surface area is 117 Å². The maximum absolute atomic E-state index is 11.7. The van der Waals surface area contributed by atoms with Crippen LogP contribution in [0.2, 0.25) is 0 Å². The Hall–Kier alpha value is -0.383. The van der Waals surface area contributed by atoms with Crippen molar-refractivity contribution in [3.05, 3.63) is 29.3 Å². The summed E-state index contributed by atoms with van der Waals surface area (Å²) in [6.45, 7) is 8.84. The molecule has 1 aromatic carbocycles. The summed E-state index contributed by atoms with van der Waals surface area (Å²) < 4.78 is 0. The van der Waals surface area contributed by atoms with Gasteiger partial charge in [-0.25, -0.2) is 0 Å². The predicted octanol–water partition coefficient (Wildman–Crippen LogP) is 0.540. The molecule has 2 heteroatoms. The zero-order valence-corrected chi connectivity index (χ0v) is 11.8. The summed E-state index contributed by atoms with van der Waals surface area (Å²) in [5, 5.41) is 11.7. The van der Waals surface area contributed by atoms with Gasteiger partial charge in [0.15, 0.2) is 0 Å². The van der Waals surface area contributed by atoms with Gasteiger partial charge in [-0.1, -0.05) is 51.0 Å². The van der Waals surface area contributed by atoms with Gasteiger partial charge in [-0.05, 0) is 36.2 Å². The maximum atomic E-state index is 11.7. The molecule has 1 fully saturated rings. The average Bonchev–Trinajstić information content (AvgIpc) is 2.47. The second-order valence-electron chi connectivity index (χ2n) is 6.05. The second-order valence-corrected chi connectivity index (χ2v) is 6.05. The molecule has 2 rings (SSSR count). The SMILES string of the molecule is Cc1ccc([C@]2(C)CCCC2(C)C)cc1[O-].[Li+].